The highest BCUT2D eigenvalue weighted by Crippen LogP contribution is 2.28. The number of aromatic nitrogens is 2. The molecule has 2 aromatic rings. The molecule has 0 saturated carbocycles. The van der Waals surface area contributed by atoms with Gasteiger partial charge in [-0.3, -0.25) is 9.48 Å². The number of benzene rings is 1. The molecule has 0 unspecified atom stereocenters. The van der Waals surface area contributed by atoms with Crippen LogP contribution in [0.2, 0.25) is 10.0 Å². The third-order valence-electron chi connectivity index (χ3n) is 2.70. The van der Waals surface area contributed by atoms with Crippen LogP contribution in [0.4, 0.5) is 5.69 Å². The van der Waals surface area contributed by atoms with Crippen LogP contribution in [-0.4, -0.2) is 22.2 Å². The Morgan fingerprint density at radius 3 is 2.90 bits per heavy atom. The lowest BCUT2D eigenvalue weighted by Crippen LogP contribution is -2.25. The number of nitrogens with one attached hydrogen (secondary N) is 1. The molecule has 0 fully saturated rings. The molecule has 0 atom stereocenters. The number of halogens is 2. The van der Waals surface area contributed by atoms with Gasteiger partial charge in [0.05, 0.1) is 15.6 Å². The van der Waals surface area contributed by atoms with Gasteiger partial charge in [0, 0.05) is 31.2 Å². The molecule has 0 aliphatic carbocycles. The highest BCUT2D eigenvalue weighted by Gasteiger charge is 2.13. The van der Waals surface area contributed by atoms with Crippen LogP contribution in [0.3, 0.4) is 0 Å². The molecule has 3 N–H and O–H groups in total. The van der Waals surface area contributed by atoms with Crippen molar-refractivity contribution in [3.05, 3.63) is 46.2 Å². The SMILES string of the molecule is Nc1cc(Cl)c(Cl)c(C(=O)NCCCn2cccn2)c1. The number of carbonyl (C=O) groups excluding carboxylic acids is 1. The van der Waals surface area contributed by atoms with Crippen molar-refractivity contribution in [1.82, 2.24) is 15.1 Å². The van der Waals surface area contributed by atoms with Crippen molar-refractivity contribution >= 4 is 34.8 Å². The fourth-order valence-corrected chi connectivity index (χ4v) is 2.17. The van der Waals surface area contributed by atoms with Gasteiger partial charge < -0.3 is 11.1 Å². The lowest BCUT2D eigenvalue weighted by molar-refractivity contribution is 0.0953. The monoisotopic (exact) mass is 312 g/mol. The first-order valence-electron chi connectivity index (χ1n) is 6.08. The van der Waals surface area contributed by atoms with Gasteiger partial charge >= 0.3 is 0 Å². The Hall–Kier alpha value is -1.72. The van der Waals surface area contributed by atoms with Gasteiger partial charge in [-0.05, 0) is 24.6 Å². The number of aryl methyl sites for hydroxylation is 1. The number of carbonyl (C=O) groups is 1. The quantitative estimate of drug-likeness (QED) is 0.658. The number of nitrogens with zero attached hydrogens (tertiary/aromatic N) is 2. The van der Waals surface area contributed by atoms with Crippen molar-refractivity contribution in [2.75, 3.05) is 12.3 Å². The second kappa shape index (κ2) is 6.63. The third kappa shape index (κ3) is 3.65. The van der Waals surface area contributed by atoms with Crippen LogP contribution in [-0.2, 0) is 6.54 Å². The highest BCUT2D eigenvalue weighted by atomic mass is 35.5. The summed E-state index contributed by atoms with van der Waals surface area (Å²) >= 11 is 11.9. The smallest absolute Gasteiger partial charge is 0.252 e. The number of hydrogen-bond donors (Lipinski definition) is 2. The number of nitrogens with two attached hydrogens (primary N) is 1. The molecular weight excluding hydrogens is 299 g/mol. The van der Waals surface area contributed by atoms with Crippen LogP contribution in [0.5, 0.6) is 0 Å². The topological polar surface area (TPSA) is 72.9 Å². The Morgan fingerprint density at radius 1 is 1.40 bits per heavy atom. The van der Waals surface area contributed by atoms with Crippen LogP contribution >= 0.6 is 23.2 Å². The van der Waals surface area contributed by atoms with Gasteiger partial charge in [0.2, 0.25) is 0 Å². The van der Waals surface area contributed by atoms with E-state index in [2.05, 4.69) is 10.4 Å². The Kier molecular flexibility index (Phi) is 4.87. The average molecular weight is 313 g/mol. The molecule has 0 aliphatic heterocycles. The van der Waals surface area contributed by atoms with Crippen molar-refractivity contribution in [2.24, 2.45) is 0 Å². The number of anilines is 1. The van der Waals surface area contributed by atoms with Crippen LogP contribution in [0.1, 0.15) is 16.8 Å². The van der Waals surface area contributed by atoms with Gasteiger partial charge in [0.15, 0.2) is 0 Å². The van der Waals surface area contributed by atoms with Gasteiger partial charge in [-0.15, -0.1) is 0 Å². The van der Waals surface area contributed by atoms with E-state index in [-0.39, 0.29) is 21.5 Å². The summed E-state index contributed by atoms with van der Waals surface area (Å²) in [5.41, 5.74) is 6.34. The summed E-state index contributed by atoms with van der Waals surface area (Å²) < 4.78 is 1.80. The number of hydrogen-bond acceptors (Lipinski definition) is 3. The number of rotatable bonds is 5. The van der Waals surface area contributed by atoms with E-state index >= 15 is 0 Å². The maximum Gasteiger partial charge on any atom is 0.252 e. The summed E-state index contributed by atoms with van der Waals surface area (Å²) in [4.78, 5) is 12.0. The molecule has 20 heavy (non-hydrogen) atoms. The molecule has 0 saturated heterocycles. The van der Waals surface area contributed by atoms with E-state index in [4.69, 9.17) is 28.9 Å². The first-order valence-corrected chi connectivity index (χ1v) is 6.83. The van der Waals surface area contributed by atoms with E-state index in [0.717, 1.165) is 13.0 Å². The standard InChI is InChI=1S/C13H14Cl2N4O/c14-11-8-9(16)7-10(12(11)15)13(20)17-3-1-5-19-6-2-4-18-19/h2,4,6-8H,1,3,5,16H2,(H,17,20). The molecular formula is C13H14Cl2N4O. The van der Waals surface area contributed by atoms with Crippen LogP contribution in [0, 0.1) is 0 Å². The molecule has 0 spiro atoms. The van der Waals surface area contributed by atoms with Crippen molar-refractivity contribution < 1.29 is 4.79 Å². The molecule has 1 aromatic carbocycles. The Balaban J connectivity index is 1.89. The Morgan fingerprint density at radius 2 is 2.20 bits per heavy atom. The lowest BCUT2D eigenvalue weighted by Gasteiger charge is -2.09. The normalized spacial score (nSPS) is 10.5. The van der Waals surface area contributed by atoms with Crippen molar-refractivity contribution in [3.8, 4) is 0 Å². The van der Waals surface area contributed by atoms with E-state index in [9.17, 15) is 4.79 Å². The van der Waals surface area contributed by atoms with Gasteiger partial charge in [0.1, 0.15) is 0 Å². The minimum Gasteiger partial charge on any atom is -0.399 e. The largest absolute Gasteiger partial charge is 0.399 e. The molecule has 5 nitrogen and oxygen atoms in total. The van der Waals surface area contributed by atoms with E-state index in [1.54, 1.807) is 10.9 Å². The zero-order valence-electron chi connectivity index (χ0n) is 10.6. The molecule has 1 heterocycles. The highest BCUT2D eigenvalue weighted by molar-refractivity contribution is 6.44. The van der Waals surface area contributed by atoms with Crippen LogP contribution in [0.25, 0.3) is 0 Å². The fourth-order valence-electron chi connectivity index (χ4n) is 1.75. The molecule has 7 heteroatoms. The lowest BCUT2D eigenvalue weighted by atomic mass is 10.2. The van der Waals surface area contributed by atoms with E-state index in [0.29, 0.717) is 12.2 Å². The first kappa shape index (κ1) is 14.7. The summed E-state index contributed by atoms with van der Waals surface area (Å²) in [6.07, 6.45) is 4.35. The van der Waals surface area contributed by atoms with Crippen LogP contribution < -0.4 is 11.1 Å². The summed E-state index contributed by atoms with van der Waals surface area (Å²) in [7, 11) is 0. The number of nitrogen functional groups attached to an aromatic ring is 1. The van der Waals surface area contributed by atoms with E-state index < -0.39 is 0 Å². The maximum atomic E-state index is 12.0. The van der Waals surface area contributed by atoms with Gasteiger partial charge in [-0.25, -0.2) is 0 Å². The van der Waals surface area contributed by atoms with E-state index in [1.165, 1.54) is 12.1 Å². The van der Waals surface area contributed by atoms with Crippen molar-refractivity contribution in [3.63, 3.8) is 0 Å². The molecule has 0 radical (unpaired) electrons. The van der Waals surface area contributed by atoms with E-state index in [1.807, 2.05) is 12.3 Å². The molecule has 1 amide bonds. The third-order valence-corrected chi connectivity index (χ3v) is 3.51. The van der Waals surface area contributed by atoms with Crippen LogP contribution in [0.15, 0.2) is 30.6 Å². The molecule has 106 valence electrons. The van der Waals surface area contributed by atoms with Gasteiger partial charge in [-0.1, -0.05) is 23.2 Å². The Bertz CT molecular complexity index is 599. The first-order chi connectivity index (χ1) is 9.58. The zero-order valence-corrected chi connectivity index (χ0v) is 12.2. The molecule has 2 rings (SSSR count). The summed E-state index contributed by atoms with van der Waals surface area (Å²) in [6.45, 7) is 1.25. The fraction of sp³-hybridized carbons (Fsp3) is 0.231. The Labute approximate surface area is 126 Å². The maximum absolute atomic E-state index is 12.0. The van der Waals surface area contributed by atoms with Gasteiger partial charge in [-0.2, -0.15) is 5.10 Å². The summed E-state index contributed by atoms with van der Waals surface area (Å²) in [5.74, 6) is -0.287. The summed E-state index contributed by atoms with van der Waals surface area (Å²) in [6, 6.07) is 4.88. The predicted octanol–water partition coefficient (Wildman–Crippen LogP) is 2.59. The van der Waals surface area contributed by atoms with Crippen molar-refractivity contribution in [2.45, 2.75) is 13.0 Å². The molecule has 1 aromatic heterocycles. The average Bonchev–Trinajstić information content (AvgIpc) is 2.91. The molecule has 0 bridgehead atoms. The minimum absolute atomic E-state index is 0.213. The molecule has 0 aliphatic rings. The summed E-state index contributed by atoms with van der Waals surface area (Å²) in [5, 5.41) is 7.34. The second-order valence-electron chi connectivity index (χ2n) is 4.24. The van der Waals surface area contributed by atoms with Crippen molar-refractivity contribution in [1.29, 1.82) is 0 Å². The second-order valence-corrected chi connectivity index (χ2v) is 5.03. The number of amides is 1. The predicted molar refractivity (Wildman–Crippen MR) is 80.1 cm³/mol. The minimum atomic E-state index is -0.287. The zero-order chi connectivity index (χ0) is 14.5. The van der Waals surface area contributed by atoms with Gasteiger partial charge in [0.25, 0.3) is 5.91 Å².